The highest BCUT2D eigenvalue weighted by Crippen LogP contribution is 2.20. The van der Waals surface area contributed by atoms with E-state index < -0.39 is 5.91 Å². The van der Waals surface area contributed by atoms with Gasteiger partial charge in [0.2, 0.25) is 0 Å². The summed E-state index contributed by atoms with van der Waals surface area (Å²) in [5, 5.41) is 17.7. The van der Waals surface area contributed by atoms with E-state index in [9.17, 15) is 9.90 Å². The van der Waals surface area contributed by atoms with Crippen LogP contribution in [0.1, 0.15) is 28.5 Å². The Morgan fingerprint density at radius 1 is 1.16 bits per heavy atom. The number of aromatic hydroxyl groups is 1. The van der Waals surface area contributed by atoms with Crippen LogP contribution in [0.5, 0.6) is 5.75 Å². The van der Waals surface area contributed by atoms with Gasteiger partial charge in [0.1, 0.15) is 5.75 Å². The van der Waals surface area contributed by atoms with Gasteiger partial charge in [-0.25, -0.2) is 5.43 Å². The molecule has 0 fully saturated rings. The van der Waals surface area contributed by atoms with Crippen LogP contribution in [0.4, 0.5) is 0 Å². The molecule has 0 aliphatic rings. The quantitative estimate of drug-likeness (QED) is 0.564. The van der Waals surface area contributed by atoms with E-state index in [0.717, 1.165) is 11.1 Å². The van der Waals surface area contributed by atoms with Crippen LogP contribution in [0.15, 0.2) is 64.2 Å². The van der Waals surface area contributed by atoms with Crippen LogP contribution in [0.25, 0.3) is 11.3 Å². The Labute approximate surface area is 144 Å². The van der Waals surface area contributed by atoms with Gasteiger partial charge in [-0.15, -0.1) is 0 Å². The second kappa shape index (κ2) is 7.00. The number of carbonyl (C=O) groups is 1. The Morgan fingerprint density at radius 2 is 1.92 bits per heavy atom. The molecule has 0 radical (unpaired) electrons. The van der Waals surface area contributed by atoms with Crippen LogP contribution >= 0.6 is 0 Å². The molecule has 0 atom stereocenters. The summed E-state index contributed by atoms with van der Waals surface area (Å²) in [6, 6.07) is 16.1. The van der Waals surface area contributed by atoms with Crippen molar-refractivity contribution in [1.29, 1.82) is 0 Å². The van der Waals surface area contributed by atoms with Gasteiger partial charge in [-0.2, -0.15) is 5.10 Å². The van der Waals surface area contributed by atoms with Gasteiger partial charge in [0, 0.05) is 17.2 Å². The minimum atomic E-state index is -0.488. The first-order valence-electron chi connectivity index (χ1n) is 7.71. The average Bonchev–Trinajstić information content (AvgIpc) is 3.12. The van der Waals surface area contributed by atoms with Crippen molar-refractivity contribution in [3.05, 3.63) is 71.4 Å². The summed E-state index contributed by atoms with van der Waals surface area (Å²) in [5.41, 5.74) is 5.42. The van der Waals surface area contributed by atoms with Crippen LogP contribution in [-0.2, 0) is 0 Å². The lowest BCUT2D eigenvalue weighted by Crippen LogP contribution is -2.19. The summed E-state index contributed by atoms with van der Waals surface area (Å²) in [6.45, 7) is 3.61. The van der Waals surface area contributed by atoms with Crippen molar-refractivity contribution >= 4 is 11.6 Å². The first-order valence-corrected chi connectivity index (χ1v) is 7.71. The molecule has 0 bridgehead atoms. The number of rotatable bonds is 4. The largest absolute Gasteiger partial charge is 0.507 e. The van der Waals surface area contributed by atoms with Gasteiger partial charge in [0.15, 0.2) is 11.5 Å². The van der Waals surface area contributed by atoms with Crippen LogP contribution < -0.4 is 5.43 Å². The maximum atomic E-state index is 12.2. The number of aryl methyl sites for hydroxylation is 1. The molecule has 0 unspecified atom stereocenters. The Morgan fingerprint density at radius 3 is 2.68 bits per heavy atom. The zero-order valence-corrected chi connectivity index (χ0v) is 13.9. The number of hydrogen-bond donors (Lipinski definition) is 2. The zero-order chi connectivity index (χ0) is 17.8. The smallest absolute Gasteiger partial charge is 0.293 e. The van der Waals surface area contributed by atoms with Crippen LogP contribution in [0, 0.1) is 6.92 Å². The van der Waals surface area contributed by atoms with Crippen LogP contribution in [0.2, 0.25) is 0 Å². The van der Waals surface area contributed by atoms with Crippen molar-refractivity contribution in [2.24, 2.45) is 5.10 Å². The highest BCUT2D eigenvalue weighted by atomic mass is 16.5. The van der Waals surface area contributed by atoms with E-state index in [1.54, 1.807) is 31.2 Å². The summed E-state index contributed by atoms with van der Waals surface area (Å²) in [6.07, 6.45) is 0. The predicted molar refractivity (Wildman–Crippen MR) is 94.5 cm³/mol. The number of benzene rings is 2. The number of hydrazone groups is 1. The Balaban J connectivity index is 1.74. The average molecular weight is 335 g/mol. The molecule has 126 valence electrons. The molecule has 1 amide bonds. The lowest BCUT2D eigenvalue weighted by molar-refractivity contribution is 0.0946. The molecule has 25 heavy (non-hydrogen) atoms. The summed E-state index contributed by atoms with van der Waals surface area (Å²) < 4.78 is 5.20. The number of amides is 1. The van der Waals surface area contributed by atoms with E-state index in [1.165, 1.54) is 0 Å². The fourth-order valence-corrected chi connectivity index (χ4v) is 2.31. The second-order valence-electron chi connectivity index (χ2n) is 5.60. The van der Waals surface area contributed by atoms with Crippen molar-refractivity contribution in [2.45, 2.75) is 13.8 Å². The third-order valence-corrected chi connectivity index (χ3v) is 3.67. The molecule has 3 rings (SSSR count). The summed E-state index contributed by atoms with van der Waals surface area (Å²) in [4.78, 5) is 12.2. The van der Waals surface area contributed by atoms with Gasteiger partial charge in [-0.05, 0) is 26.0 Å². The Kier molecular flexibility index (Phi) is 4.61. The molecule has 0 saturated heterocycles. The number of phenols is 1. The van der Waals surface area contributed by atoms with Gasteiger partial charge < -0.3 is 9.63 Å². The Bertz CT molecular complexity index is 930. The molecule has 0 saturated carbocycles. The number of aromatic nitrogens is 1. The van der Waals surface area contributed by atoms with Gasteiger partial charge in [-0.1, -0.05) is 47.1 Å². The van der Waals surface area contributed by atoms with Crippen LogP contribution in [0.3, 0.4) is 0 Å². The number of nitrogens with one attached hydrogen (secondary N) is 1. The van der Waals surface area contributed by atoms with E-state index >= 15 is 0 Å². The lowest BCUT2D eigenvalue weighted by Gasteiger charge is -2.05. The molecule has 6 heteroatoms. The van der Waals surface area contributed by atoms with Gasteiger partial charge >= 0.3 is 0 Å². The number of hydrogen-bond acceptors (Lipinski definition) is 5. The maximum Gasteiger partial charge on any atom is 0.293 e. The summed E-state index contributed by atoms with van der Waals surface area (Å²) >= 11 is 0. The molecule has 0 aliphatic heterocycles. The predicted octanol–water partition coefficient (Wildman–Crippen LogP) is 3.51. The first-order chi connectivity index (χ1) is 12.0. The van der Waals surface area contributed by atoms with E-state index in [-0.39, 0.29) is 11.4 Å². The highest BCUT2D eigenvalue weighted by molar-refractivity contribution is 6.02. The Hall–Kier alpha value is -3.41. The summed E-state index contributed by atoms with van der Waals surface area (Å²) in [7, 11) is 0. The molecule has 0 spiro atoms. The number of carbonyl (C=O) groups excluding carboxylic acids is 1. The van der Waals surface area contributed by atoms with Crippen molar-refractivity contribution in [3.63, 3.8) is 0 Å². The fourth-order valence-electron chi connectivity index (χ4n) is 2.31. The molecule has 2 aromatic carbocycles. The third kappa shape index (κ3) is 3.74. The first kappa shape index (κ1) is 16.4. The lowest BCUT2D eigenvalue weighted by atomic mass is 10.1. The van der Waals surface area contributed by atoms with Gasteiger partial charge in [0.05, 0.1) is 5.71 Å². The fraction of sp³-hybridized carbons (Fsp3) is 0.105. The third-order valence-electron chi connectivity index (χ3n) is 3.67. The molecular formula is C19H17N3O3. The van der Waals surface area contributed by atoms with E-state index in [0.29, 0.717) is 17.0 Å². The molecule has 6 nitrogen and oxygen atoms in total. The topological polar surface area (TPSA) is 87.7 Å². The van der Waals surface area contributed by atoms with Crippen molar-refractivity contribution in [1.82, 2.24) is 10.6 Å². The van der Waals surface area contributed by atoms with Crippen molar-refractivity contribution < 1.29 is 14.4 Å². The second-order valence-corrected chi connectivity index (χ2v) is 5.60. The normalized spacial score (nSPS) is 11.4. The highest BCUT2D eigenvalue weighted by Gasteiger charge is 2.13. The van der Waals surface area contributed by atoms with E-state index in [4.69, 9.17) is 4.52 Å². The minimum Gasteiger partial charge on any atom is -0.507 e. The van der Waals surface area contributed by atoms with Gasteiger partial charge in [-0.3, -0.25) is 4.79 Å². The van der Waals surface area contributed by atoms with Crippen LogP contribution in [-0.4, -0.2) is 21.9 Å². The molecule has 1 heterocycles. The molecule has 1 aromatic heterocycles. The van der Waals surface area contributed by atoms with E-state index in [2.05, 4.69) is 15.7 Å². The minimum absolute atomic E-state index is 0.105. The van der Waals surface area contributed by atoms with E-state index in [1.807, 2.05) is 37.3 Å². The molecule has 0 aliphatic carbocycles. The van der Waals surface area contributed by atoms with Gasteiger partial charge in [0.25, 0.3) is 5.91 Å². The number of nitrogens with zero attached hydrogens (tertiary/aromatic N) is 2. The molecule has 2 N–H and O–H groups in total. The van der Waals surface area contributed by atoms with Crippen molar-refractivity contribution in [2.75, 3.05) is 0 Å². The summed E-state index contributed by atoms with van der Waals surface area (Å²) in [5.74, 6) is 0.120. The number of phenolic OH excluding ortho intramolecular Hbond substituents is 1. The van der Waals surface area contributed by atoms with Crippen molar-refractivity contribution in [3.8, 4) is 17.1 Å². The SMILES string of the molecule is C/C(=N\NC(=O)c1cc(-c2ccccc2)on1)c1cc(C)ccc1O. The maximum absolute atomic E-state index is 12.2. The standard InChI is InChI=1S/C19H17N3O3/c1-12-8-9-17(23)15(10-12)13(2)20-21-19(24)16-11-18(25-22-16)14-6-4-3-5-7-14/h3-11,23H,1-2H3,(H,21,24)/b20-13+. The molecule has 3 aromatic rings. The zero-order valence-electron chi connectivity index (χ0n) is 13.9. The molecular weight excluding hydrogens is 318 g/mol. The monoisotopic (exact) mass is 335 g/mol.